The number of pyridine rings is 1. The number of aliphatic hydroxyl groups excluding tert-OH is 1. The number of hydrogen-bond acceptors (Lipinski definition) is 5. The summed E-state index contributed by atoms with van der Waals surface area (Å²) in [5.41, 5.74) is 1.52. The highest BCUT2D eigenvalue weighted by molar-refractivity contribution is 5.73. The zero-order valence-corrected chi connectivity index (χ0v) is 22.5. The van der Waals surface area contributed by atoms with E-state index in [1.165, 1.54) is 13.0 Å². The molecule has 9 heteroatoms. The van der Waals surface area contributed by atoms with E-state index in [1.54, 1.807) is 6.07 Å². The van der Waals surface area contributed by atoms with E-state index in [9.17, 15) is 23.1 Å². The van der Waals surface area contributed by atoms with Crippen LogP contribution in [0.4, 0.5) is 13.2 Å². The lowest BCUT2D eigenvalue weighted by atomic mass is 9.73. The highest BCUT2D eigenvalue weighted by Crippen LogP contribution is 2.48. The summed E-state index contributed by atoms with van der Waals surface area (Å²) in [6.45, 7) is 7.99. The van der Waals surface area contributed by atoms with Crippen LogP contribution in [-0.4, -0.2) is 40.3 Å². The second-order valence-corrected chi connectivity index (χ2v) is 12.1. The van der Waals surface area contributed by atoms with Crippen molar-refractivity contribution in [3.8, 4) is 5.88 Å². The van der Waals surface area contributed by atoms with Gasteiger partial charge < -0.3 is 20.5 Å². The molecule has 0 bridgehead atoms. The van der Waals surface area contributed by atoms with Crippen molar-refractivity contribution in [2.45, 2.75) is 96.2 Å². The van der Waals surface area contributed by atoms with Crippen LogP contribution in [0, 0.1) is 5.41 Å². The SMILES string of the molecule is CC(=O)N[C@@H](Cc1cccc(C(F)(F)F)c1)[C@@H](O)CN[C@H]1CC2(CCC2)Oc2ncc(CC(C)(C)C)cc21. The van der Waals surface area contributed by atoms with Gasteiger partial charge in [-0.3, -0.25) is 4.79 Å². The Hall–Kier alpha value is -2.65. The van der Waals surface area contributed by atoms with E-state index in [-0.39, 0.29) is 35.9 Å². The Labute approximate surface area is 222 Å². The highest BCUT2D eigenvalue weighted by atomic mass is 19.4. The molecular formula is C29H38F3N3O3. The number of nitrogens with one attached hydrogen (secondary N) is 2. The molecule has 208 valence electrons. The number of halogens is 3. The van der Waals surface area contributed by atoms with E-state index in [4.69, 9.17) is 4.74 Å². The van der Waals surface area contributed by atoms with E-state index in [1.807, 2.05) is 6.20 Å². The van der Waals surface area contributed by atoms with Crippen molar-refractivity contribution in [2.24, 2.45) is 5.41 Å². The molecule has 2 aromatic rings. The summed E-state index contributed by atoms with van der Waals surface area (Å²) in [6, 6.07) is 6.24. The van der Waals surface area contributed by atoms with E-state index in [2.05, 4.69) is 42.5 Å². The van der Waals surface area contributed by atoms with Crippen molar-refractivity contribution in [3.05, 3.63) is 58.8 Å². The van der Waals surface area contributed by atoms with Crippen molar-refractivity contribution >= 4 is 5.91 Å². The zero-order valence-electron chi connectivity index (χ0n) is 22.5. The maximum absolute atomic E-state index is 13.2. The van der Waals surface area contributed by atoms with Crippen LogP contribution in [0.15, 0.2) is 36.5 Å². The van der Waals surface area contributed by atoms with Crippen LogP contribution in [0.3, 0.4) is 0 Å². The summed E-state index contributed by atoms with van der Waals surface area (Å²) >= 11 is 0. The minimum Gasteiger partial charge on any atom is -0.471 e. The van der Waals surface area contributed by atoms with Crippen LogP contribution in [-0.2, 0) is 23.8 Å². The van der Waals surface area contributed by atoms with Gasteiger partial charge in [-0.05, 0) is 60.8 Å². The standard InChI is InChI=1S/C29H38F3N3O3/c1-18(36)35-23(13-19-7-5-8-21(11-19)29(30,31)32)25(37)17-33-24-15-28(9-6-10-28)38-26-22(24)12-20(16-34-26)14-27(2,3)4/h5,7-8,11-12,16,23-25,33,37H,6,9-10,13-15,17H2,1-4H3,(H,35,36)/t23-,24-,25-/m0/s1. The fraction of sp³-hybridized carbons (Fsp3) is 0.586. The van der Waals surface area contributed by atoms with Gasteiger partial charge in [0, 0.05) is 37.7 Å². The Bertz CT molecular complexity index is 1140. The van der Waals surface area contributed by atoms with Crippen molar-refractivity contribution < 1.29 is 27.8 Å². The molecule has 0 radical (unpaired) electrons. The number of nitrogens with zero attached hydrogens (tertiary/aromatic N) is 1. The molecule has 1 aromatic carbocycles. The van der Waals surface area contributed by atoms with E-state index in [0.29, 0.717) is 11.4 Å². The molecule has 0 saturated heterocycles. The number of aliphatic hydroxyl groups is 1. The summed E-state index contributed by atoms with van der Waals surface area (Å²) in [7, 11) is 0. The average molecular weight is 534 g/mol. The number of alkyl halides is 3. The molecule has 3 N–H and O–H groups in total. The predicted molar refractivity (Wildman–Crippen MR) is 139 cm³/mol. The molecule has 2 heterocycles. The maximum Gasteiger partial charge on any atom is 0.416 e. The highest BCUT2D eigenvalue weighted by Gasteiger charge is 2.46. The van der Waals surface area contributed by atoms with Gasteiger partial charge in [-0.25, -0.2) is 4.98 Å². The second kappa shape index (κ2) is 10.8. The van der Waals surface area contributed by atoms with Crippen molar-refractivity contribution in [1.82, 2.24) is 15.6 Å². The molecule has 1 aliphatic carbocycles. The molecule has 2 aliphatic rings. The Morgan fingerprint density at radius 1 is 1.21 bits per heavy atom. The van der Waals surface area contributed by atoms with Crippen LogP contribution >= 0.6 is 0 Å². The molecule has 1 aliphatic heterocycles. The maximum atomic E-state index is 13.2. The summed E-state index contributed by atoms with van der Waals surface area (Å²) in [5, 5.41) is 17.3. The topological polar surface area (TPSA) is 83.5 Å². The molecule has 1 aromatic heterocycles. The molecule has 1 spiro atoms. The number of carbonyl (C=O) groups excluding carboxylic acids is 1. The first-order chi connectivity index (χ1) is 17.7. The zero-order chi connectivity index (χ0) is 27.7. The Kier molecular flexibility index (Phi) is 8.09. The third kappa shape index (κ3) is 7.05. The number of ether oxygens (including phenoxy) is 1. The summed E-state index contributed by atoms with van der Waals surface area (Å²) in [4.78, 5) is 16.5. The molecule has 6 nitrogen and oxygen atoms in total. The average Bonchev–Trinajstić information content (AvgIpc) is 2.79. The molecule has 0 unspecified atom stereocenters. The number of rotatable bonds is 8. The van der Waals surface area contributed by atoms with Crippen LogP contribution in [0.2, 0.25) is 0 Å². The fourth-order valence-electron chi connectivity index (χ4n) is 5.43. The number of amides is 1. The molecule has 3 atom stereocenters. The summed E-state index contributed by atoms with van der Waals surface area (Å²) in [5.74, 6) is 0.254. The lowest BCUT2D eigenvalue weighted by Gasteiger charge is -2.47. The number of aromatic nitrogens is 1. The van der Waals surface area contributed by atoms with E-state index in [0.717, 1.165) is 55.4 Å². The Morgan fingerprint density at radius 3 is 2.55 bits per heavy atom. The van der Waals surface area contributed by atoms with Crippen molar-refractivity contribution in [3.63, 3.8) is 0 Å². The molecule has 4 rings (SSSR count). The van der Waals surface area contributed by atoms with Gasteiger partial charge in [-0.1, -0.05) is 39.0 Å². The van der Waals surface area contributed by atoms with E-state index >= 15 is 0 Å². The summed E-state index contributed by atoms with van der Waals surface area (Å²) in [6.07, 6.45) is 1.03. The van der Waals surface area contributed by atoms with Gasteiger partial charge in [-0.15, -0.1) is 0 Å². The minimum absolute atomic E-state index is 0.0674. The quantitative estimate of drug-likeness (QED) is 0.438. The van der Waals surface area contributed by atoms with Gasteiger partial charge in [-0.2, -0.15) is 13.2 Å². The minimum atomic E-state index is -4.46. The third-order valence-corrected chi connectivity index (χ3v) is 7.34. The number of hydrogen-bond donors (Lipinski definition) is 3. The van der Waals surface area contributed by atoms with Crippen molar-refractivity contribution in [1.29, 1.82) is 0 Å². The fourth-order valence-corrected chi connectivity index (χ4v) is 5.43. The molecular weight excluding hydrogens is 495 g/mol. The van der Waals surface area contributed by atoms with Gasteiger partial charge in [0.05, 0.1) is 17.7 Å². The monoisotopic (exact) mass is 533 g/mol. The third-order valence-electron chi connectivity index (χ3n) is 7.34. The van der Waals surface area contributed by atoms with Gasteiger partial charge in [0.15, 0.2) is 0 Å². The molecule has 1 fully saturated rings. The van der Waals surface area contributed by atoms with Crippen LogP contribution in [0.1, 0.15) is 81.7 Å². The number of carbonyl (C=O) groups is 1. The van der Waals surface area contributed by atoms with E-state index < -0.39 is 23.9 Å². The Morgan fingerprint density at radius 2 is 1.95 bits per heavy atom. The first-order valence-corrected chi connectivity index (χ1v) is 13.3. The lowest BCUT2D eigenvalue weighted by molar-refractivity contribution is -0.137. The Balaban J connectivity index is 1.51. The smallest absolute Gasteiger partial charge is 0.416 e. The number of benzene rings is 1. The normalized spacial score (nSPS) is 20.2. The van der Waals surface area contributed by atoms with Gasteiger partial charge in [0.1, 0.15) is 5.60 Å². The molecule has 1 saturated carbocycles. The first-order valence-electron chi connectivity index (χ1n) is 13.3. The predicted octanol–water partition coefficient (Wildman–Crippen LogP) is 5.13. The summed E-state index contributed by atoms with van der Waals surface area (Å²) < 4.78 is 45.9. The van der Waals surface area contributed by atoms with Crippen LogP contribution < -0.4 is 15.4 Å². The van der Waals surface area contributed by atoms with Gasteiger partial charge in [0.25, 0.3) is 0 Å². The number of fused-ring (bicyclic) bond motifs is 1. The van der Waals surface area contributed by atoms with Gasteiger partial charge in [0.2, 0.25) is 11.8 Å². The molecule has 1 amide bonds. The van der Waals surface area contributed by atoms with Crippen molar-refractivity contribution in [2.75, 3.05) is 6.54 Å². The van der Waals surface area contributed by atoms with Gasteiger partial charge >= 0.3 is 6.18 Å². The molecule has 38 heavy (non-hydrogen) atoms. The van der Waals surface area contributed by atoms with Crippen LogP contribution in [0.5, 0.6) is 5.88 Å². The second-order valence-electron chi connectivity index (χ2n) is 12.1. The lowest BCUT2D eigenvalue weighted by Crippen LogP contribution is -2.52. The largest absolute Gasteiger partial charge is 0.471 e. The van der Waals surface area contributed by atoms with Crippen LogP contribution in [0.25, 0.3) is 0 Å². The first kappa shape index (κ1) is 28.4.